The van der Waals surface area contributed by atoms with E-state index in [1.54, 1.807) is 6.92 Å². The molecule has 0 heterocycles. The highest BCUT2D eigenvalue weighted by Crippen LogP contribution is 2.26. The normalized spacial score (nSPS) is 12.5. The number of nitro groups is 1. The van der Waals surface area contributed by atoms with Gasteiger partial charge in [-0.05, 0) is 19.1 Å². The van der Waals surface area contributed by atoms with E-state index >= 15 is 0 Å². The van der Waals surface area contributed by atoms with E-state index in [1.165, 1.54) is 20.3 Å². The van der Waals surface area contributed by atoms with Gasteiger partial charge in [-0.15, -0.1) is 0 Å². The summed E-state index contributed by atoms with van der Waals surface area (Å²) in [5, 5.41) is 13.7. The molecule has 1 N–H and O–H groups in total. The van der Waals surface area contributed by atoms with E-state index in [1.807, 2.05) is 0 Å². The van der Waals surface area contributed by atoms with Crippen molar-refractivity contribution in [3.63, 3.8) is 0 Å². The van der Waals surface area contributed by atoms with Gasteiger partial charge in [0, 0.05) is 14.2 Å². The van der Waals surface area contributed by atoms with Gasteiger partial charge in [0.2, 0.25) is 0 Å². The zero-order valence-corrected chi connectivity index (χ0v) is 10.3. The highest BCUT2D eigenvalue weighted by molar-refractivity contribution is 5.61. The van der Waals surface area contributed by atoms with Gasteiger partial charge in [0.05, 0.1) is 17.0 Å². The minimum absolute atomic E-state index is 0.216. The molecule has 7 heteroatoms. The van der Waals surface area contributed by atoms with E-state index in [0.29, 0.717) is 0 Å². The molecule has 1 unspecified atom stereocenters. The predicted octanol–water partition coefficient (Wildman–Crippen LogP) is 2.15. The smallest absolute Gasteiger partial charge is 0.295 e. The van der Waals surface area contributed by atoms with Gasteiger partial charge >= 0.3 is 0 Å². The first-order chi connectivity index (χ1) is 8.49. The standard InChI is InChI=1S/C11H15FN2O4/c1-7(11(17-2)18-3)13-9-5-4-8(12)6-10(9)14(15)16/h4-7,11,13H,1-3H3. The zero-order chi connectivity index (χ0) is 13.7. The number of benzene rings is 1. The van der Waals surface area contributed by atoms with Crippen molar-refractivity contribution in [2.75, 3.05) is 19.5 Å². The summed E-state index contributed by atoms with van der Waals surface area (Å²) in [6.07, 6.45) is -0.561. The van der Waals surface area contributed by atoms with Gasteiger partial charge in [0.15, 0.2) is 6.29 Å². The van der Waals surface area contributed by atoms with E-state index in [-0.39, 0.29) is 17.4 Å². The van der Waals surface area contributed by atoms with E-state index in [2.05, 4.69) is 5.32 Å². The Labute approximate surface area is 104 Å². The molecule has 0 spiro atoms. The molecule has 0 aromatic heterocycles. The van der Waals surface area contributed by atoms with Crippen LogP contribution in [0.3, 0.4) is 0 Å². The maximum atomic E-state index is 13.0. The van der Waals surface area contributed by atoms with E-state index in [4.69, 9.17) is 9.47 Å². The van der Waals surface area contributed by atoms with Gasteiger partial charge in [-0.25, -0.2) is 4.39 Å². The third-order valence-electron chi connectivity index (χ3n) is 2.41. The van der Waals surface area contributed by atoms with Crippen molar-refractivity contribution in [2.24, 2.45) is 0 Å². The lowest BCUT2D eigenvalue weighted by molar-refractivity contribution is -0.384. The number of halogens is 1. The fraction of sp³-hybridized carbons (Fsp3) is 0.455. The van der Waals surface area contributed by atoms with Crippen molar-refractivity contribution in [3.05, 3.63) is 34.1 Å². The molecular formula is C11H15FN2O4. The molecule has 1 rings (SSSR count). The minimum atomic E-state index is -0.657. The van der Waals surface area contributed by atoms with Gasteiger partial charge in [-0.1, -0.05) is 0 Å². The summed E-state index contributed by atoms with van der Waals surface area (Å²) in [6, 6.07) is 3.00. The van der Waals surface area contributed by atoms with Crippen molar-refractivity contribution in [1.82, 2.24) is 0 Å². The van der Waals surface area contributed by atoms with Crippen LogP contribution in [-0.2, 0) is 9.47 Å². The highest BCUT2D eigenvalue weighted by atomic mass is 19.1. The van der Waals surface area contributed by atoms with Crippen LogP contribution < -0.4 is 5.32 Å². The Morgan fingerprint density at radius 2 is 2.00 bits per heavy atom. The molecule has 0 amide bonds. The van der Waals surface area contributed by atoms with Crippen LogP contribution in [0.25, 0.3) is 0 Å². The lowest BCUT2D eigenvalue weighted by atomic mass is 10.2. The molecule has 18 heavy (non-hydrogen) atoms. The second kappa shape index (κ2) is 6.27. The van der Waals surface area contributed by atoms with E-state index in [9.17, 15) is 14.5 Å². The first kappa shape index (κ1) is 14.3. The van der Waals surface area contributed by atoms with Gasteiger partial charge in [0.25, 0.3) is 5.69 Å². The number of methoxy groups -OCH3 is 2. The maximum Gasteiger partial charge on any atom is 0.295 e. The second-order valence-corrected chi connectivity index (χ2v) is 3.69. The van der Waals surface area contributed by atoms with E-state index < -0.39 is 17.0 Å². The Morgan fingerprint density at radius 3 is 2.50 bits per heavy atom. The zero-order valence-electron chi connectivity index (χ0n) is 10.3. The SMILES string of the molecule is COC(OC)C(C)Nc1ccc(F)cc1[N+](=O)[O-]. The molecule has 0 saturated carbocycles. The molecule has 0 saturated heterocycles. The Morgan fingerprint density at radius 1 is 1.39 bits per heavy atom. The van der Waals surface area contributed by atoms with Gasteiger partial charge < -0.3 is 14.8 Å². The molecular weight excluding hydrogens is 243 g/mol. The first-order valence-electron chi connectivity index (χ1n) is 5.25. The van der Waals surface area contributed by atoms with Crippen molar-refractivity contribution in [3.8, 4) is 0 Å². The lowest BCUT2D eigenvalue weighted by Gasteiger charge is -2.22. The average molecular weight is 258 g/mol. The molecule has 0 aliphatic carbocycles. The van der Waals surface area contributed by atoms with Crippen LogP contribution in [-0.4, -0.2) is 31.5 Å². The molecule has 0 aliphatic rings. The number of anilines is 1. The summed E-state index contributed by atoms with van der Waals surface area (Å²) in [5.74, 6) is -0.657. The fourth-order valence-electron chi connectivity index (χ4n) is 1.60. The Balaban J connectivity index is 2.93. The van der Waals surface area contributed by atoms with Crippen LogP contribution in [0.15, 0.2) is 18.2 Å². The third-order valence-corrected chi connectivity index (χ3v) is 2.41. The van der Waals surface area contributed by atoms with Crippen LogP contribution in [0.5, 0.6) is 0 Å². The van der Waals surface area contributed by atoms with Crippen LogP contribution in [0.2, 0.25) is 0 Å². The summed E-state index contributed by atoms with van der Waals surface area (Å²) in [6.45, 7) is 1.74. The van der Waals surface area contributed by atoms with Crippen molar-refractivity contribution < 1.29 is 18.8 Å². The lowest BCUT2D eigenvalue weighted by Crippen LogP contribution is -2.33. The van der Waals surface area contributed by atoms with Crippen molar-refractivity contribution in [1.29, 1.82) is 0 Å². The molecule has 0 aliphatic heterocycles. The summed E-state index contributed by atoms with van der Waals surface area (Å²) in [5.41, 5.74) is -0.110. The molecule has 1 aromatic carbocycles. The summed E-state index contributed by atoms with van der Waals surface area (Å²) in [4.78, 5) is 10.2. The second-order valence-electron chi connectivity index (χ2n) is 3.69. The maximum absolute atomic E-state index is 13.0. The average Bonchev–Trinajstić information content (AvgIpc) is 2.32. The molecule has 1 aromatic rings. The Bertz CT molecular complexity index is 424. The van der Waals surface area contributed by atoms with Crippen LogP contribution in [0.4, 0.5) is 15.8 Å². The topological polar surface area (TPSA) is 73.6 Å². The number of hydrogen-bond donors (Lipinski definition) is 1. The molecule has 0 bridgehead atoms. The number of hydrogen-bond acceptors (Lipinski definition) is 5. The van der Waals surface area contributed by atoms with Gasteiger partial charge in [0.1, 0.15) is 11.5 Å². The van der Waals surface area contributed by atoms with E-state index in [0.717, 1.165) is 12.1 Å². The number of nitro benzene ring substituents is 1. The highest BCUT2D eigenvalue weighted by Gasteiger charge is 2.21. The number of rotatable bonds is 6. The molecule has 0 radical (unpaired) electrons. The number of nitrogens with zero attached hydrogens (tertiary/aromatic N) is 1. The summed E-state index contributed by atoms with van der Waals surface area (Å²) in [7, 11) is 2.93. The Kier molecular flexibility index (Phi) is 4.99. The molecule has 0 fully saturated rings. The first-order valence-corrected chi connectivity index (χ1v) is 5.25. The third kappa shape index (κ3) is 3.38. The van der Waals surface area contributed by atoms with Gasteiger partial charge in [-0.2, -0.15) is 0 Å². The van der Waals surface area contributed by atoms with Gasteiger partial charge in [-0.3, -0.25) is 10.1 Å². The predicted molar refractivity (Wildman–Crippen MR) is 63.9 cm³/mol. The van der Waals surface area contributed by atoms with Crippen molar-refractivity contribution >= 4 is 11.4 Å². The van der Waals surface area contributed by atoms with Crippen molar-refractivity contribution in [2.45, 2.75) is 19.3 Å². The Hall–Kier alpha value is -1.73. The molecule has 100 valence electrons. The molecule has 6 nitrogen and oxygen atoms in total. The summed E-state index contributed by atoms with van der Waals surface area (Å²) < 4.78 is 23.0. The largest absolute Gasteiger partial charge is 0.372 e. The number of nitrogens with one attached hydrogen (secondary N) is 1. The monoisotopic (exact) mass is 258 g/mol. The summed E-state index contributed by atoms with van der Waals surface area (Å²) >= 11 is 0. The molecule has 1 atom stereocenters. The number of ether oxygens (including phenoxy) is 2. The van der Waals surface area contributed by atoms with Crippen LogP contribution in [0.1, 0.15) is 6.92 Å². The quantitative estimate of drug-likeness (QED) is 0.481. The van der Waals surface area contributed by atoms with Crippen LogP contribution >= 0.6 is 0 Å². The fourth-order valence-corrected chi connectivity index (χ4v) is 1.60. The van der Waals surface area contributed by atoms with Crippen LogP contribution in [0, 0.1) is 15.9 Å². The minimum Gasteiger partial charge on any atom is -0.372 e.